The Kier molecular flexibility index (Phi) is 5.96. The highest BCUT2D eigenvalue weighted by molar-refractivity contribution is 5.85. The first-order valence-electron chi connectivity index (χ1n) is 8.39. The Balaban J connectivity index is 1.52. The van der Waals surface area contributed by atoms with Crippen LogP contribution in [0.25, 0.3) is 10.8 Å². The van der Waals surface area contributed by atoms with Crippen molar-refractivity contribution < 1.29 is 13.5 Å². The summed E-state index contributed by atoms with van der Waals surface area (Å²) in [5, 5.41) is 5.94. The number of ether oxygens (including phenoxy) is 1. The van der Waals surface area contributed by atoms with Gasteiger partial charge in [0.2, 0.25) is 0 Å². The fraction of sp³-hybridized carbons (Fsp3) is 0.238. The van der Waals surface area contributed by atoms with E-state index < -0.39 is 13.0 Å². The van der Waals surface area contributed by atoms with Gasteiger partial charge in [-0.15, -0.1) is 0 Å². The van der Waals surface area contributed by atoms with Crippen molar-refractivity contribution in [2.24, 2.45) is 0 Å². The maximum absolute atomic E-state index is 12.2. The fourth-order valence-corrected chi connectivity index (χ4v) is 2.87. The zero-order valence-corrected chi connectivity index (χ0v) is 13.9. The zero-order valence-electron chi connectivity index (χ0n) is 13.9. The monoisotopic (exact) mass is 341 g/mol. The second-order valence-corrected chi connectivity index (χ2v) is 5.91. The van der Waals surface area contributed by atoms with Crippen LogP contribution in [-0.2, 0) is 13.0 Å². The SMILES string of the molecule is FC(F)COc1cccc(CNCCc2cccc3ccccc23)c1. The van der Waals surface area contributed by atoms with Crippen LogP contribution in [0.4, 0.5) is 8.78 Å². The maximum atomic E-state index is 12.2. The molecule has 0 bridgehead atoms. The van der Waals surface area contributed by atoms with Crippen LogP contribution >= 0.6 is 0 Å². The first-order chi connectivity index (χ1) is 12.2. The molecule has 0 unspecified atom stereocenters. The van der Waals surface area contributed by atoms with E-state index in [9.17, 15) is 8.78 Å². The third-order valence-electron chi connectivity index (χ3n) is 4.05. The molecule has 0 saturated carbocycles. The minimum atomic E-state index is -2.46. The van der Waals surface area contributed by atoms with E-state index in [1.165, 1.54) is 16.3 Å². The summed E-state index contributed by atoms with van der Waals surface area (Å²) in [5.74, 6) is 0.480. The summed E-state index contributed by atoms with van der Waals surface area (Å²) in [6.45, 7) is 0.949. The lowest BCUT2D eigenvalue weighted by Gasteiger charge is -2.10. The van der Waals surface area contributed by atoms with Gasteiger partial charge in [-0.2, -0.15) is 0 Å². The van der Waals surface area contributed by atoms with Gasteiger partial charge in [0, 0.05) is 6.54 Å². The van der Waals surface area contributed by atoms with Crippen LogP contribution in [0.3, 0.4) is 0 Å². The molecule has 0 aliphatic heterocycles. The number of halogens is 2. The van der Waals surface area contributed by atoms with Gasteiger partial charge in [0.05, 0.1) is 0 Å². The second-order valence-electron chi connectivity index (χ2n) is 5.91. The lowest BCUT2D eigenvalue weighted by molar-refractivity contribution is 0.0818. The van der Waals surface area contributed by atoms with Crippen molar-refractivity contribution in [3.63, 3.8) is 0 Å². The molecule has 4 heteroatoms. The predicted octanol–water partition coefficient (Wildman–Crippen LogP) is 4.82. The Hall–Kier alpha value is -2.46. The quantitative estimate of drug-likeness (QED) is 0.593. The summed E-state index contributed by atoms with van der Waals surface area (Å²) in [5.41, 5.74) is 2.34. The first-order valence-corrected chi connectivity index (χ1v) is 8.39. The largest absolute Gasteiger partial charge is 0.488 e. The Morgan fingerprint density at radius 1 is 0.920 bits per heavy atom. The molecule has 0 atom stereocenters. The van der Waals surface area contributed by atoms with Crippen molar-refractivity contribution in [2.75, 3.05) is 13.2 Å². The lowest BCUT2D eigenvalue weighted by atomic mass is 10.0. The summed E-state index contributed by atoms with van der Waals surface area (Å²) >= 11 is 0. The van der Waals surface area contributed by atoms with Gasteiger partial charge in [0.25, 0.3) is 6.43 Å². The van der Waals surface area contributed by atoms with Gasteiger partial charge in [-0.25, -0.2) is 8.78 Å². The van der Waals surface area contributed by atoms with Crippen molar-refractivity contribution in [1.82, 2.24) is 5.32 Å². The molecule has 3 aromatic rings. The van der Waals surface area contributed by atoms with E-state index >= 15 is 0 Å². The number of nitrogens with one attached hydrogen (secondary N) is 1. The molecule has 130 valence electrons. The number of rotatable bonds is 8. The first kappa shape index (κ1) is 17.4. The molecule has 0 spiro atoms. The minimum absolute atomic E-state index is 0.480. The van der Waals surface area contributed by atoms with Crippen LogP contribution in [0.15, 0.2) is 66.7 Å². The van der Waals surface area contributed by atoms with E-state index in [1.54, 1.807) is 12.1 Å². The van der Waals surface area contributed by atoms with Crippen LogP contribution < -0.4 is 10.1 Å². The molecule has 3 rings (SSSR count). The van der Waals surface area contributed by atoms with Crippen molar-refractivity contribution in [3.05, 3.63) is 77.9 Å². The number of alkyl halides is 2. The highest BCUT2D eigenvalue weighted by atomic mass is 19.3. The van der Waals surface area contributed by atoms with Crippen LogP contribution in [0, 0.1) is 0 Å². The molecule has 1 N–H and O–H groups in total. The molecule has 2 nitrogen and oxygen atoms in total. The van der Waals surface area contributed by atoms with Crippen LogP contribution in [0.2, 0.25) is 0 Å². The topological polar surface area (TPSA) is 21.3 Å². The number of fused-ring (bicyclic) bond motifs is 1. The maximum Gasteiger partial charge on any atom is 0.272 e. The molecule has 0 saturated heterocycles. The molecule has 0 aliphatic rings. The second kappa shape index (κ2) is 8.58. The van der Waals surface area contributed by atoms with Crippen molar-refractivity contribution in [3.8, 4) is 5.75 Å². The third kappa shape index (κ3) is 5.00. The van der Waals surface area contributed by atoms with Crippen molar-refractivity contribution in [2.45, 2.75) is 19.4 Å². The van der Waals surface area contributed by atoms with E-state index in [-0.39, 0.29) is 0 Å². The smallest absolute Gasteiger partial charge is 0.272 e. The predicted molar refractivity (Wildman–Crippen MR) is 97.3 cm³/mol. The molecular formula is C21H21F2NO. The standard InChI is InChI=1S/C21H21F2NO/c22-21(23)15-25-19-9-3-5-16(13-19)14-24-12-11-18-8-4-7-17-6-1-2-10-20(17)18/h1-10,13,21,24H,11-12,14-15H2. The zero-order chi connectivity index (χ0) is 17.5. The highest BCUT2D eigenvalue weighted by Crippen LogP contribution is 2.19. The third-order valence-corrected chi connectivity index (χ3v) is 4.05. The van der Waals surface area contributed by atoms with E-state index in [1.807, 2.05) is 18.2 Å². The molecular weight excluding hydrogens is 320 g/mol. The highest BCUT2D eigenvalue weighted by Gasteiger charge is 2.04. The van der Waals surface area contributed by atoms with E-state index in [0.717, 1.165) is 18.5 Å². The Bertz CT molecular complexity index is 814. The summed E-state index contributed by atoms with van der Waals surface area (Å²) < 4.78 is 29.5. The van der Waals surface area contributed by atoms with E-state index in [2.05, 4.69) is 41.7 Å². The fourth-order valence-electron chi connectivity index (χ4n) is 2.87. The van der Waals surface area contributed by atoms with Crippen molar-refractivity contribution in [1.29, 1.82) is 0 Å². The average Bonchev–Trinajstić information content (AvgIpc) is 2.64. The van der Waals surface area contributed by atoms with Gasteiger partial charge in [-0.05, 0) is 47.0 Å². The minimum Gasteiger partial charge on any atom is -0.488 e. The molecule has 0 radical (unpaired) electrons. The van der Waals surface area contributed by atoms with Crippen molar-refractivity contribution >= 4 is 10.8 Å². The summed E-state index contributed by atoms with van der Waals surface area (Å²) in [7, 11) is 0. The number of benzene rings is 3. The molecule has 3 aromatic carbocycles. The van der Waals surface area contributed by atoms with Gasteiger partial charge < -0.3 is 10.1 Å². The average molecular weight is 341 g/mol. The van der Waals surface area contributed by atoms with Crippen LogP contribution in [0.1, 0.15) is 11.1 Å². The summed E-state index contributed by atoms with van der Waals surface area (Å²) in [4.78, 5) is 0. The molecule has 0 aromatic heterocycles. The Labute approximate surface area is 146 Å². The van der Waals surface area contributed by atoms with Crippen LogP contribution in [-0.4, -0.2) is 19.6 Å². The summed E-state index contributed by atoms with van der Waals surface area (Å²) in [6, 6.07) is 22.0. The van der Waals surface area contributed by atoms with Crippen LogP contribution in [0.5, 0.6) is 5.75 Å². The Morgan fingerprint density at radius 3 is 2.60 bits per heavy atom. The number of hydrogen-bond acceptors (Lipinski definition) is 2. The molecule has 0 heterocycles. The van der Waals surface area contributed by atoms with Gasteiger partial charge in [0.15, 0.2) is 0 Å². The van der Waals surface area contributed by atoms with Gasteiger partial charge in [0.1, 0.15) is 12.4 Å². The normalized spacial score (nSPS) is 11.2. The van der Waals surface area contributed by atoms with Gasteiger partial charge in [-0.1, -0.05) is 54.6 Å². The summed E-state index contributed by atoms with van der Waals surface area (Å²) in [6.07, 6.45) is -1.52. The van der Waals surface area contributed by atoms with Gasteiger partial charge in [-0.3, -0.25) is 0 Å². The molecule has 25 heavy (non-hydrogen) atoms. The molecule has 0 amide bonds. The Morgan fingerprint density at radius 2 is 1.72 bits per heavy atom. The van der Waals surface area contributed by atoms with E-state index in [0.29, 0.717) is 12.3 Å². The van der Waals surface area contributed by atoms with E-state index in [4.69, 9.17) is 4.74 Å². The number of hydrogen-bond donors (Lipinski definition) is 1. The molecule has 0 fully saturated rings. The lowest BCUT2D eigenvalue weighted by Crippen LogP contribution is -2.17. The van der Waals surface area contributed by atoms with Gasteiger partial charge >= 0.3 is 0 Å². The molecule has 0 aliphatic carbocycles.